The summed E-state index contributed by atoms with van der Waals surface area (Å²) in [5, 5.41) is 46.1. The lowest BCUT2D eigenvalue weighted by Gasteiger charge is -1.92. The Bertz CT molecular complexity index is 1000. The molecule has 224 valence electrons. The van der Waals surface area contributed by atoms with Gasteiger partial charge in [0.25, 0.3) is 0 Å². The molecule has 0 aromatic heterocycles. The first-order valence-electron chi connectivity index (χ1n) is 10.5. The van der Waals surface area contributed by atoms with Crippen LogP contribution in [0.4, 0.5) is 0 Å². The molecule has 0 unspecified atom stereocenters. The lowest BCUT2D eigenvalue weighted by atomic mass is 10.5. The maximum absolute atomic E-state index is 6.98. The number of hydrogen-bond donors (Lipinski definition) is 10. The Kier molecular flexibility index (Phi) is 27.2. The van der Waals surface area contributed by atoms with E-state index in [1.54, 1.807) is 41.5 Å². The van der Waals surface area contributed by atoms with Crippen LogP contribution in [0.25, 0.3) is 0 Å². The standard InChI is InChI=1S/3C6H13N7.CH4/c3*1-4(11-13-6(8)9)3-10-12-5(2)7;/h3*3H,1-2H3,(H2,7,12)(H4,8,9,13);1H4/b3*10-3-,11-4-;. The van der Waals surface area contributed by atoms with Crippen molar-refractivity contribution in [3.63, 3.8) is 0 Å². The summed E-state index contributed by atoms with van der Waals surface area (Å²) >= 11 is 0. The predicted octanol–water partition coefficient (Wildman–Crippen LogP) is -2.16. The average molecular weight is 566 g/mol. The second-order valence-corrected chi connectivity index (χ2v) is 6.77. The Labute approximate surface area is 233 Å². The monoisotopic (exact) mass is 565 g/mol. The van der Waals surface area contributed by atoms with Crippen LogP contribution in [0.5, 0.6) is 0 Å². The quantitative estimate of drug-likeness (QED) is 0.0824. The molecule has 0 bridgehead atoms. The van der Waals surface area contributed by atoms with Gasteiger partial charge in [0.15, 0.2) is 0 Å². The van der Waals surface area contributed by atoms with Gasteiger partial charge in [-0.2, -0.15) is 30.6 Å². The van der Waals surface area contributed by atoms with Crippen LogP contribution in [-0.4, -0.2) is 71.2 Å². The summed E-state index contributed by atoms with van der Waals surface area (Å²) < 4.78 is 0. The largest absolute Gasteiger partial charge is 0.386 e. The number of guanidine groups is 3. The van der Waals surface area contributed by atoms with Crippen molar-refractivity contribution in [2.45, 2.75) is 49.0 Å². The first kappa shape index (κ1) is 41.4. The molecule has 21 heteroatoms. The molecule has 0 atom stereocenters. The fourth-order valence-electron chi connectivity index (χ4n) is 1.12. The fraction of sp³-hybridized carbons (Fsp3) is 0.368. The summed E-state index contributed by atoms with van der Waals surface area (Å²) in [5.41, 5.74) is 44.7. The van der Waals surface area contributed by atoms with Crippen molar-refractivity contribution in [3.05, 3.63) is 0 Å². The van der Waals surface area contributed by atoms with Crippen molar-refractivity contribution < 1.29 is 0 Å². The Morgan fingerprint density at radius 1 is 0.500 bits per heavy atom. The van der Waals surface area contributed by atoms with E-state index in [-0.39, 0.29) is 31.1 Å². The van der Waals surface area contributed by atoms with Gasteiger partial charge in [-0.25, -0.2) is 0 Å². The van der Waals surface area contributed by atoms with Gasteiger partial charge in [0.2, 0.25) is 17.9 Å². The van der Waals surface area contributed by atoms with E-state index in [4.69, 9.17) is 51.3 Å². The summed E-state index contributed by atoms with van der Waals surface area (Å²) in [5.74, 6) is 0.657. The first-order valence-corrected chi connectivity index (χ1v) is 10.5. The Hall–Kier alpha value is -5.76. The molecule has 0 radical (unpaired) electrons. The minimum atomic E-state index is -0.107. The number of amidine groups is 3. The SMILES string of the molecule is C.CC(=N)N/N=C\C(C)=N/N=C(N)N.CC(N)=N/N=C\C(C)=N/N=C(N)N.CC(N)=N/N=C\C(C)=N/N=C(N)N. The van der Waals surface area contributed by atoms with Crippen LogP contribution in [0.3, 0.4) is 0 Å². The van der Waals surface area contributed by atoms with E-state index in [0.717, 1.165) is 0 Å². The van der Waals surface area contributed by atoms with E-state index < -0.39 is 0 Å². The third-order valence-corrected chi connectivity index (χ3v) is 2.37. The van der Waals surface area contributed by atoms with Gasteiger partial charge in [-0.3, -0.25) is 10.8 Å². The summed E-state index contributed by atoms with van der Waals surface area (Å²) in [7, 11) is 0. The molecule has 0 saturated carbocycles. The number of nitrogens with two attached hydrogens (primary N) is 8. The van der Waals surface area contributed by atoms with Crippen LogP contribution in [0.15, 0.2) is 56.1 Å². The molecular weight excluding hydrogens is 522 g/mol. The minimum Gasteiger partial charge on any atom is -0.386 e. The van der Waals surface area contributed by atoms with Crippen LogP contribution in [-0.2, 0) is 0 Å². The number of nitrogens with zero attached hydrogens (tertiary/aromatic N) is 11. The maximum Gasteiger partial charge on any atom is 0.211 e. The highest BCUT2D eigenvalue weighted by Gasteiger charge is 1.85. The molecule has 0 heterocycles. The number of nitrogens with one attached hydrogen (secondary N) is 2. The highest BCUT2D eigenvalue weighted by Crippen LogP contribution is 1.79. The molecule has 0 aliphatic carbocycles. The predicted molar refractivity (Wildman–Crippen MR) is 170 cm³/mol. The summed E-state index contributed by atoms with van der Waals surface area (Å²) in [4.78, 5) is 0. The van der Waals surface area contributed by atoms with Gasteiger partial charge in [0, 0.05) is 0 Å². The van der Waals surface area contributed by atoms with Crippen molar-refractivity contribution in [2.75, 3.05) is 0 Å². The molecular formula is C19H43N21. The lowest BCUT2D eigenvalue weighted by molar-refractivity contribution is 1.01. The number of hydrazone groups is 1. The van der Waals surface area contributed by atoms with Gasteiger partial charge >= 0.3 is 0 Å². The van der Waals surface area contributed by atoms with Crippen LogP contribution >= 0.6 is 0 Å². The third-order valence-electron chi connectivity index (χ3n) is 2.37. The first-order chi connectivity index (χ1) is 18.1. The van der Waals surface area contributed by atoms with Crippen molar-refractivity contribution >= 4 is 71.2 Å². The summed E-state index contributed by atoms with van der Waals surface area (Å²) in [6.07, 6.45) is 4.19. The van der Waals surface area contributed by atoms with Gasteiger partial charge in [0.1, 0.15) is 17.5 Å². The lowest BCUT2D eigenvalue weighted by Crippen LogP contribution is -2.22. The molecule has 0 saturated heterocycles. The van der Waals surface area contributed by atoms with Crippen LogP contribution in [0.1, 0.15) is 49.0 Å². The Morgan fingerprint density at radius 2 is 0.800 bits per heavy atom. The minimum absolute atomic E-state index is 0. The summed E-state index contributed by atoms with van der Waals surface area (Å²) in [6.45, 7) is 9.85. The van der Waals surface area contributed by atoms with Crippen molar-refractivity contribution in [1.29, 1.82) is 5.41 Å². The van der Waals surface area contributed by atoms with Crippen molar-refractivity contribution in [1.82, 2.24) is 5.43 Å². The zero-order chi connectivity index (χ0) is 30.8. The van der Waals surface area contributed by atoms with E-state index in [1.807, 2.05) is 0 Å². The van der Waals surface area contributed by atoms with Gasteiger partial charge in [-0.15, -0.1) is 25.5 Å². The van der Waals surface area contributed by atoms with Gasteiger partial charge in [-0.1, -0.05) is 7.43 Å². The second kappa shape index (κ2) is 26.3. The van der Waals surface area contributed by atoms with Gasteiger partial charge in [-0.05, 0) is 41.5 Å². The zero-order valence-corrected chi connectivity index (χ0v) is 22.8. The topological polar surface area (TPSA) is 380 Å². The molecule has 0 aromatic carbocycles. The van der Waals surface area contributed by atoms with Crippen molar-refractivity contribution in [3.8, 4) is 0 Å². The van der Waals surface area contributed by atoms with Gasteiger partial charge in [0.05, 0.1) is 35.8 Å². The second-order valence-electron chi connectivity index (χ2n) is 6.77. The molecule has 0 aromatic rings. The molecule has 40 heavy (non-hydrogen) atoms. The normalized spacial score (nSPS) is 12.4. The molecule has 0 rings (SSSR count). The van der Waals surface area contributed by atoms with E-state index in [2.05, 4.69) is 61.5 Å². The third kappa shape index (κ3) is 42.4. The number of rotatable bonds is 9. The van der Waals surface area contributed by atoms with E-state index >= 15 is 0 Å². The Balaban J connectivity index is -0.000000240. The smallest absolute Gasteiger partial charge is 0.211 e. The molecule has 0 aliphatic heterocycles. The fourth-order valence-corrected chi connectivity index (χ4v) is 1.12. The molecule has 21 nitrogen and oxygen atoms in total. The molecule has 0 amide bonds. The van der Waals surface area contributed by atoms with E-state index in [1.165, 1.54) is 18.6 Å². The maximum atomic E-state index is 6.98. The molecule has 0 spiro atoms. The zero-order valence-electron chi connectivity index (χ0n) is 22.8. The highest BCUT2D eigenvalue weighted by molar-refractivity contribution is 6.30. The highest BCUT2D eigenvalue weighted by atomic mass is 15.3. The van der Waals surface area contributed by atoms with Gasteiger partial charge < -0.3 is 45.9 Å². The molecule has 18 N–H and O–H groups in total. The molecule has 0 aliphatic rings. The average Bonchev–Trinajstić information content (AvgIpc) is 2.80. The van der Waals surface area contributed by atoms with Crippen molar-refractivity contribution in [2.24, 2.45) is 102 Å². The number of hydrogen-bond acceptors (Lipinski definition) is 12. The molecule has 0 fully saturated rings. The summed E-state index contributed by atoms with van der Waals surface area (Å²) in [6, 6.07) is 0. The Morgan fingerprint density at radius 3 is 1.05 bits per heavy atom. The van der Waals surface area contributed by atoms with Crippen LogP contribution in [0.2, 0.25) is 0 Å². The van der Waals surface area contributed by atoms with E-state index in [9.17, 15) is 0 Å². The van der Waals surface area contributed by atoms with E-state index in [0.29, 0.717) is 28.8 Å². The van der Waals surface area contributed by atoms with Crippen LogP contribution in [0, 0.1) is 5.41 Å². The van der Waals surface area contributed by atoms with Crippen LogP contribution < -0.4 is 51.3 Å².